The van der Waals surface area contributed by atoms with Crippen molar-refractivity contribution in [2.75, 3.05) is 23.0 Å². The first kappa shape index (κ1) is 22.0. The second-order valence-electron chi connectivity index (χ2n) is 6.82. The number of anilines is 2. The van der Waals surface area contributed by atoms with Gasteiger partial charge in [-0.3, -0.25) is 9.10 Å². The Morgan fingerprint density at radius 1 is 1.14 bits per heavy atom. The first-order valence-electron chi connectivity index (χ1n) is 8.67. The standard InChI is InChI=1S/C20H25ClN2O4S/c1-12-9-13(2)19(14(3)10-12)22-20(24)15(4)23(28(6,25)26)16-7-8-18(27-5)17(21)11-16/h7-11,15H,1-6H3,(H,22,24)/t15-/m1/s1. The van der Waals surface area contributed by atoms with E-state index in [2.05, 4.69) is 5.32 Å². The van der Waals surface area contributed by atoms with Crippen LogP contribution < -0.4 is 14.4 Å². The van der Waals surface area contributed by atoms with Crippen molar-refractivity contribution in [1.29, 1.82) is 0 Å². The van der Waals surface area contributed by atoms with Gasteiger partial charge in [0, 0.05) is 5.69 Å². The molecule has 152 valence electrons. The number of carbonyl (C=O) groups excluding carboxylic acids is 1. The summed E-state index contributed by atoms with van der Waals surface area (Å²) in [6.45, 7) is 7.32. The Labute approximate surface area is 171 Å². The molecule has 2 rings (SSSR count). The lowest BCUT2D eigenvalue weighted by Gasteiger charge is -2.29. The van der Waals surface area contributed by atoms with Gasteiger partial charge in [-0.25, -0.2) is 8.42 Å². The van der Waals surface area contributed by atoms with Gasteiger partial charge in [-0.2, -0.15) is 0 Å². The van der Waals surface area contributed by atoms with Gasteiger partial charge in [-0.15, -0.1) is 0 Å². The first-order valence-corrected chi connectivity index (χ1v) is 10.9. The van der Waals surface area contributed by atoms with Gasteiger partial charge >= 0.3 is 0 Å². The zero-order chi connectivity index (χ0) is 21.2. The second kappa shape index (κ2) is 8.41. The predicted molar refractivity (Wildman–Crippen MR) is 114 cm³/mol. The van der Waals surface area contributed by atoms with Gasteiger partial charge < -0.3 is 10.1 Å². The summed E-state index contributed by atoms with van der Waals surface area (Å²) in [4.78, 5) is 12.9. The third kappa shape index (κ3) is 4.77. The van der Waals surface area contributed by atoms with Gasteiger partial charge in [0.15, 0.2) is 0 Å². The van der Waals surface area contributed by atoms with Gasteiger partial charge in [-0.05, 0) is 57.0 Å². The van der Waals surface area contributed by atoms with E-state index in [-0.39, 0.29) is 10.7 Å². The molecule has 28 heavy (non-hydrogen) atoms. The number of rotatable bonds is 6. The quantitative estimate of drug-likeness (QED) is 0.758. The fraction of sp³-hybridized carbons (Fsp3) is 0.350. The SMILES string of the molecule is COc1ccc(N([C@H](C)C(=O)Nc2c(C)cc(C)cc2C)S(C)(=O)=O)cc1Cl. The number of hydrogen-bond acceptors (Lipinski definition) is 4. The van der Waals surface area contributed by atoms with Gasteiger partial charge in [0.2, 0.25) is 15.9 Å². The molecule has 0 saturated carbocycles. The van der Waals surface area contributed by atoms with E-state index in [1.165, 1.54) is 20.1 Å². The van der Waals surface area contributed by atoms with Gasteiger partial charge in [-0.1, -0.05) is 29.3 Å². The smallest absolute Gasteiger partial charge is 0.248 e. The molecule has 2 aromatic rings. The molecule has 0 spiro atoms. The van der Waals surface area contributed by atoms with E-state index in [0.717, 1.165) is 27.3 Å². The topological polar surface area (TPSA) is 75.7 Å². The van der Waals surface area contributed by atoms with E-state index in [4.69, 9.17) is 16.3 Å². The average Bonchev–Trinajstić information content (AvgIpc) is 2.56. The zero-order valence-corrected chi connectivity index (χ0v) is 18.4. The van der Waals surface area contributed by atoms with Gasteiger partial charge in [0.05, 0.1) is 24.1 Å². The minimum Gasteiger partial charge on any atom is -0.495 e. The van der Waals surface area contributed by atoms with E-state index in [0.29, 0.717) is 11.4 Å². The molecule has 1 N–H and O–H groups in total. The Bertz CT molecular complexity index is 982. The number of methoxy groups -OCH3 is 1. The van der Waals surface area contributed by atoms with Crippen LogP contribution in [0, 0.1) is 20.8 Å². The van der Waals surface area contributed by atoms with Crippen molar-refractivity contribution < 1.29 is 17.9 Å². The van der Waals surface area contributed by atoms with Crippen LogP contribution in [0.4, 0.5) is 11.4 Å². The summed E-state index contributed by atoms with van der Waals surface area (Å²) in [5, 5.41) is 3.12. The van der Waals surface area contributed by atoms with Crippen molar-refractivity contribution >= 4 is 38.9 Å². The minimum absolute atomic E-state index is 0.256. The number of benzene rings is 2. The van der Waals surface area contributed by atoms with Gasteiger partial charge in [0.1, 0.15) is 11.8 Å². The monoisotopic (exact) mass is 424 g/mol. The summed E-state index contributed by atoms with van der Waals surface area (Å²) in [6, 6.07) is 7.52. The molecule has 0 heterocycles. The summed E-state index contributed by atoms with van der Waals surface area (Å²) in [5.74, 6) is -0.0192. The third-order valence-electron chi connectivity index (χ3n) is 4.40. The third-order valence-corrected chi connectivity index (χ3v) is 5.94. The Hall–Kier alpha value is -2.25. The summed E-state index contributed by atoms with van der Waals surface area (Å²) >= 11 is 6.15. The van der Waals surface area contributed by atoms with Crippen molar-refractivity contribution in [3.05, 3.63) is 52.0 Å². The van der Waals surface area contributed by atoms with Crippen LogP contribution in [-0.4, -0.2) is 33.7 Å². The summed E-state index contributed by atoms with van der Waals surface area (Å²) in [6.07, 6.45) is 1.05. The molecule has 0 bridgehead atoms. The average molecular weight is 425 g/mol. The number of carbonyl (C=O) groups is 1. The molecule has 0 aromatic heterocycles. The maximum Gasteiger partial charge on any atom is 0.248 e. The molecule has 0 unspecified atom stereocenters. The molecule has 0 aliphatic rings. The number of nitrogens with one attached hydrogen (secondary N) is 1. The number of sulfonamides is 1. The fourth-order valence-corrected chi connectivity index (χ4v) is 4.62. The van der Waals surface area contributed by atoms with Crippen LogP contribution in [-0.2, 0) is 14.8 Å². The number of ether oxygens (including phenoxy) is 1. The van der Waals surface area contributed by atoms with Gasteiger partial charge in [0.25, 0.3) is 0 Å². The molecule has 2 aromatic carbocycles. The largest absolute Gasteiger partial charge is 0.495 e. The number of amides is 1. The van der Waals surface area contributed by atoms with Crippen LogP contribution in [0.3, 0.4) is 0 Å². The molecule has 1 atom stereocenters. The van der Waals surface area contributed by atoms with Crippen LogP contribution in [0.25, 0.3) is 0 Å². The van der Waals surface area contributed by atoms with Crippen molar-refractivity contribution in [2.24, 2.45) is 0 Å². The highest BCUT2D eigenvalue weighted by atomic mass is 35.5. The summed E-state index contributed by atoms with van der Waals surface area (Å²) in [7, 11) is -2.27. The predicted octanol–water partition coefficient (Wildman–Crippen LogP) is 4.07. The highest BCUT2D eigenvalue weighted by Crippen LogP contribution is 2.31. The van der Waals surface area contributed by atoms with Crippen molar-refractivity contribution in [2.45, 2.75) is 33.7 Å². The van der Waals surface area contributed by atoms with Crippen molar-refractivity contribution in [1.82, 2.24) is 0 Å². The van der Waals surface area contributed by atoms with Crippen molar-refractivity contribution in [3.8, 4) is 5.75 Å². The van der Waals surface area contributed by atoms with E-state index in [1.54, 1.807) is 12.1 Å². The van der Waals surface area contributed by atoms with E-state index >= 15 is 0 Å². The molecular formula is C20H25ClN2O4S. The number of nitrogens with zero attached hydrogens (tertiary/aromatic N) is 1. The molecule has 0 aliphatic heterocycles. The molecule has 0 fully saturated rings. The minimum atomic E-state index is -3.74. The van der Waals surface area contributed by atoms with Crippen LogP contribution in [0.5, 0.6) is 5.75 Å². The van der Waals surface area contributed by atoms with E-state index < -0.39 is 22.0 Å². The van der Waals surface area contributed by atoms with Crippen molar-refractivity contribution in [3.63, 3.8) is 0 Å². The van der Waals surface area contributed by atoms with E-state index in [9.17, 15) is 13.2 Å². The lowest BCUT2D eigenvalue weighted by atomic mass is 10.0. The normalized spacial score (nSPS) is 12.4. The molecule has 0 saturated heterocycles. The number of aryl methyl sites for hydroxylation is 3. The molecular weight excluding hydrogens is 400 g/mol. The Morgan fingerprint density at radius 2 is 1.71 bits per heavy atom. The number of hydrogen-bond donors (Lipinski definition) is 1. The van der Waals surface area contributed by atoms with E-state index in [1.807, 2.05) is 32.9 Å². The molecule has 0 radical (unpaired) electrons. The van der Waals surface area contributed by atoms with Crippen LogP contribution >= 0.6 is 11.6 Å². The fourth-order valence-electron chi connectivity index (χ4n) is 3.21. The molecule has 8 heteroatoms. The lowest BCUT2D eigenvalue weighted by molar-refractivity contribution is -0.116. The van der Waals surface area contributed by atoms with Crippen LogP contribution in [0.15, 0.2) is 30.3 Å². The summed E-state index contributed by atoms with van der Waals surface area (Å²) < 4.78 is 31.0. The Morgan fingerprint density at radius 3 is 2.18 bits per heavy atom. The maximum atomic E-state index is 12.9. The van der Waals surface area contributed by atoms with Crippen LogP contribution in [0.2, 0.25) is 5.02 Å². The molecule has 1 amide bonds. The molecule has 6 nitrogen and oxygen atoms in total. The van der Waals surface area contributed by atoms with Crippen LogP contribution in [0.1, 0.15) is 23.6 Å². The first-order chi connectivity index (χ1) is 13.0. The second-order valence-corrected chi connectivity index (χ2v) is 9.08. The maximum absolute atomic E-state index is 12.9. The zero-order valence-electron chi connectivity index (χ0n) is 16.8. The Balaban J connectivity index is 2.40. The number of halogens is 1. The lowest BCUT2D eigenvalue weighted by Crippen LogP contribution is -2.45. The highest BCUT2D eigenvalue weighted by molar-refractivity contribution is 7.92. The highest BCUT2D eigenvalue weighted by Gasteiger charge is 2.30. The molecule has 0 aliphatic carbocycles. The Kier molecular flexibility index (Phi) is 6.62. The summed E-state index contributed by atoms with van der Waals surface area (Å²) in [5.41, 5.74) is 3.89.